The second-order valence-corrected chi connectivity index (χ2v) is 8.35. The molecule has 1 aliphatic heterocycles. The fourth-order valence-electron chi connectivity index (χ4n) is 3.67. The minimum atomic E-state index is -0.261. The van der Waals surface area contributed by atoms with E-state index in [2.05, 4.69) is 20.8 Å². The van der Waals surface area contributed by atoms with Crippen LogP contribution in [0.3, 0.4) is 0 Å². The fraction of sp³-hybridized carbons (Fsp3) is 0.955. The molecule has 4 heteroatoms. The molecule has 1 atom stereocenters. The SMILES string of the molecule is COCCCCCCCCCCCCOC(C)(C)C(C)N1CCCC1=O. The summed E-state index contributed by atoms with van der Waals surface area (Å²) in [6, 6.07) is 0.154. The number of carbonyl (C=O) groups is 1. The van der Waals surface area contributed by atoms with Crippen LogP contribution in [0.15, 0.2) is 0 Å². The lowest BCUT2D eigenvalue weighted by molar-refractivity contribution is -0.137. The van der Waals surface area contributed by atoms with Gasteiger partial charge in [0.2, 0.25) is 5.91 Å². The summed E-state index contributed by atoms with van der Waals surface area (Å²) in [5, 5.41) is 0. The monoisotopic (exact) mass is 369 g/mol. The predicted molar refractivity (Wildman–Crippen MR) is 108 cm³/mol. The maximum absolute atomic E-state index is 11.9. The third-order valence-electron chi connectivity index (χ3n) is 5.80. The van der Waals surface area contributed by atoms with Gasteiger partial charge in [0.15, 0.2) is 0 Å². The van der Waals surface area contributed by atoms with Crippen LogP contribution in [0.25, 0.3) is 0 Å². The summed E-state index contributed by atoms with van der Waals surface area (Å²) in [4.78, 5) is 13.9. The second kappa shape index (κ2) is 13.5. The van der Waals surface area contributed by atoms with Crippen LogP contribution in [0.1, 0.15) is 97.8 Å². The van der Waals surface area contributed by atoms with Crippen LogP contribution < -0.4 is 0 Å². The molecule has 1 unspecified atom stereocenters. The van der Waals surface area contributed by atoms with Gasteiger partial charge in [-0.05, 0) is 40.0 Å². The molecule has 154 valence electrons. The minimum absolute atomic E-state index is 0.154. The molecule has 0 aromatic heterocycles. The van der Waals surface area contributed by atoms with E-state index in [0.29, 0.717) is 6.42 Å². The molecule has 0 aliphatic carbocycles. The number of hydrogen-bond donors (Lipinski definition) is 0. The third kappa shape index (κ3) is 9.36. The molecule has 1 rings (SSSR count). The van der Waals surface area contributed by atoms with Crippen molar-refractivity contribution in [3.63, 3.8) is 0 Å². The van der Waals surface area contributed by atoms with Crippen LogP contribution in [0.4, 0.5) is 0 Å². The van der Waals surface area contributed by atoms with Gasteiger partial charge in [-0.1, -0.05) is 51.4 Å². The highest BCUT2D eigenvalue weighted by Crippen LogP contribution is 2.25. The Morgan fingerprint density at radius 1 is 0.923 bits per heavy atom. The molecule has 0 radical (unpaired) electrons. The quantitative estimate of drug-likeness (QED) is 0.345. The van der Waals surface area contributed by atoms with Crippen molar-refractivity contribution in [1.82, 2.24) is 4.90 Å². The van der Waals surface area contributed by atoms with E-state index in [9.17, 15) is 4.79 Å². The van der Waals surface area contributed by atoms with E-state index < -0.39 is 0 Å². The topological polar surface area (TPSA) is 38.8 Å². The van der Waals surface area contributed by atoms with E-state index in [-0.39, 0.29) is 17.6 Å². The smallest absolute Gasteiger partial charge is 0.222 e. The highest BCUT2D eigenvalue weighted by molar-refractivity contribution is 5.78. The zero-order valence-electron chi connectivity index (χ0n) is 17.9. The van der Waals surface area contributed by atoms with Crippen LogP contribution in [-0.2, 0) is 14.3 Å². The molecule has 26 heavy (non-hydrogen) atoms. The van der Waals surface area contributed by atoms with Gasteiger partial charge in [0, 0.05) is 33.3 Å². The summed E-state index contributed by atoms with van der Waals surface area (Å²) in [5.74, 6) is 0.285. The van der Waals surface area contributed by atoms with Gasteiger partial charge in [-0.3, -0.25) is 4.79 Å². The molecule has 1 aliphatic rings. The van der Waals surface area contributed by atoms with Crippen molar-refractivity contribution in [2.24, 2.45) is 0 Å². The van der Waals surface area contributed by atoms with Gasteiger partial charge >= 0.3 is 0 Å². The lowest BCUT2D eigenvalue weighted by Gasteiger charge is -2.38. The molecule has 1 saturated heterocycles. The van der Waals surface area contributed by atoms with Crippen molar-refractivity contribution < 1.29 is 14.3 Å². The molecule has 1 amide bonds. The van der Waals surface area contributed by atoms with Crippen LogP contribution in [-0.4, -0.2) is 49.3 Å². The standard InChI is InChI=1S/C22H43NO3/c1-20(23-17-15-16-21(23)24)22(2,3)26-19-14-12-10-8-6-5-7-9-11-13-18-25-4/h20H,5-19H2,1-4H3. The molecule has 0 aromatic rings. The van der Waals surface area contributed by atoms with E-state index in [4.69, 9.17) is 9.47 Å². The Labute approximate surface area is 162 Å². The molecule has 0 aromatic carbocycles. The van der Waals surface area contributed by atoms with E-state index >= 15 is 0 Å². The molecule has 0 spiro atoms. The Hall–Kier alpha value is -0.610. The summed E-state index contributed by atoms with van der Waals surface area (Å²) in [5.41, 5.74) is -0.261. The highest BCUT2D eigenvalue weighted by Gasteiger charge is 2.35. The van der Waals surface area contributed by atoms with Crippen LogP contribution in [0, 0.1) is 0 Å². The molecule has 4 nitrogen and oxygen atoms in total. The Balaban J connectivity index is 1.95. The first kappa shape index (κ1) is 23.4. The zero-order valence-corrected chi connectivity index (χ0v) is 17.9. The Morgan fingerprint density at radius 3 is 1.88 bits per heavy atom. The van der Waals surface area contributed by atoms with Crippen molar-refractivity contribution in [3.05, 3.63) is 0 Å². The van der Waals surface area contributed by atoms with Crippen molar-refractivity contribution in [3.8, 4) is 0 Å². The van der Waals surface area contributed by atoms with E-state index in [1.807, 2.05) is 4.90 Å². The predicted octanol–water partition coefficient (Wildman–Crippen LogP) is 5.34. The number of hydrogen-bond acceptors (Lipinski definition) is 3. The summed E-state index contributed by atoms with van der Waals surface area (Å²) < 4.78 is 11.2. The number of nitrogens with zero attached hydrogens (tertiary/aromatic N) is 1. The first-order chi connectivity index (χ1) is 12.5. The molecule has 0 saturated carbocycles. The van der Waals surface area contributed by atoms with E-state index in [0.717, 1.165) is 32.6 Å². The summed E-state index contributed by atoms with van der Waals surface area (Å²) >= 11 is 0. The molecular weight excluding hydrogens is 326 g/mol. The van der Waals surface area contributed by atoms with Gasteiger partial charge in [0.1, 0.15) is 0 Å². The first-order valence-corrected chi connectivity index (χ1v) is 10.9. The van der Waals surface area contributed by atoms with Gasteiger partial charge in [0.25, 0.3) is 0 Å². The maximum atomic E-state index is 11.9. The number of unbranched alkanes of at least 4 members (excludes halogenated alkanes) is 9. The summed E-state index contributed by atoms with van der Waals surface area (Å²) in [6.07, 6.45) is 14.7. The average Bonchev–Trinajstić information content (AvgIpc) is 3.04. The lowest BCUT2D eigenvalue weighted by Crippen LogP contribution is -2.49. The number of amides is 1. The van der Waals surface area contributed by atoms with Crippen molar-refractivity contribution in [2.45, 2.75) is 109 Å². The number of rotatable bonds is 16. The average molecular weight is 370 g/mol. The van der Waals surface area contributed by atoms with Crippen molar-refractivity contribution in [2.75, 3.05) is 26.9 Å². The first-order valence-electron chi connectivity index (χ1n) is 10.9. The molecular formula is C22H43NO3. The largest absolute Gasteiger partial charge is 0.385 e. The Morgan fingerprint density at radius 2 is 1.42 bits per heavy atom. The maximum Gasteiger partial charge on any atom is 0.222 e. The Bertz CT molecular complexity index is 370. The van der Waals surface area contributed by atoms with E-state index in [1.54, 1.807) is 7.11 Å². The van der Waals surface area contributed by atoms with Gasteiger partial charge < -0.3 is 14.4 Å². The van der Waals surface area contributed by atoms with Crippen LogP contribution in [0.5, 0.6) is 0 Å². The van der Waals surface area contributed by atoms with Gasteiger partial charge in [-0.25, -0.2) is 0 Å². The van der Waals surface area contributed by atoms with Crippen LogP contribution >= 0.6 is 0 Å². The second-order valence-electron chi connectivity index (χ2n) is 8.35. The van der Waals surface area contributed by atoms with Gasteiger partial charge in [-0.2, -0.15) is 0 Å². The van der Waals surface area contributed by atoms with Crippen molar-refractivity contribution >= 4 is 5.91 Å². The summed E-state index contributed by atoms with van der Waals surface area (Å²) in [7, 11) is 1.78. The molecule has 1 heterocycles. The number of ether oxygens (including phenoxy) is 2. The lowest BCUT2D eigenvalue weighted by atomic mass is 9.98. The number of carbonyl (C=O) groups excluding carboxylic acids is 1. The highest BCUT2D eigenvalue weighted by atomic mass is 16.5. The number of methoxy groups -OCH3 is 1. The summed E-state index contributed by atoms with van der Waals surface area (Å²) in [6.45, 7) is 8.97. The Kier molecular flexibility index (Phi) is 12.2. The third-order valence-corrected chi connectivity index (χ3v) is 5.80. The van der Waals surface area contributed by atoms with E-state index in [1.165, 1.54) is 57.8 Å². The van der Waals surface area contributed by atoms with Crippen molar-refractivity contribution in [1.29, 1.82) is 0 Å². The molecule has 1 fully saturated rings. The minimum Gasteiger partial charge on any atom is -0.385 e. The molecule has 0 N–H and O–H groups in total. The van der Waals surface area contributed by atoms with Gasteiger partial charge in [-0.15, -0.1) is 0 Å². The van der Waals surface area contributed by atoms with Crippen LogP contribution in [0.2, 0.25) is 0 Å². The van der Waals surface area contributed by atoms with Gasteiger partial charge in [0.05, 0.1) is 11.6 Å². The molecule has 0 bridgehead atoms. The zero-order chi connectivity index (χ0) is 19.3. The number of likely N-dealkylation sites (tertiary alicyclic amines) is 1. The normalized spacial score (nSPS) is 16.5. The fourth-order valence-corrected chi connectivity index (χ4v) is 3.67.